The van der Waals surface area contributed by atoms with Crippen molar-refractivity contribution in [3.63, 3.8) is 0 Å². The van der Waals surface area contributed by atoms with Gasteiger partial charge in [0.2, 0.25) is 0 Å². The molecule has 0 saturated heterocycles. The molecular formula is C21H28N6. The van der Waals surface area contributed by atoms with Crippen LogP contribution in [-0.4, -0.2) is 37.3 Å². The third-order valence-electron chi connectivity index (χ3n) is 5.29. The molecule has 0 fully saturated rings. The van der Waals surface area contributed by atoms with E-state index in [4.69, 9.17) is 0 Å². The summed E-state index contributed by atoms with van der Waals surface area (Å²) in [6.45, 7) is 7.09. The molecule has 1 aliphatic heterocycles. The van der Waals surface area contributed by atoms with Crippen molar-refractivity contribution in [1.82, 2.24) is 24.2 Å². The summed E-state index contributed by atoms with van der Waals surface area (Å²) in [6.07, 6.45) is 5.17. The quantitative estimate of drug-likeness (QED) is 0.730. The van der Waals surface area contributed by atoms with Crippen LogP contribution in [0.4, 0.5) is 5.82 Å². The molecule has 27 heavy (non-hydrogen) atoms. The Kier molecular flexibility index (Phi) is 5.25. The Morgan fingerprint density at radius 3 is 2.89 bits per heavy atom. The molecule has 0 aromatic carbocycles. The number of aromatic nitrogens is 4. The molecule has 4 heterocycles. The smallest absolute Gasteiger partial charge is 0.125 e. The molecule has 0 bridgehead atoms. The molecule has 0 spiro atoms. The van der Waals surface area contributed by atoms with Gasteiger partial charge in [0.1, 0.15) is 5.82 Å². The monoisotopic (exact) mass is 364 g/mol. The molecule has 0 amide bonds. The second kappa shape index (κ2) is 7.96. The van der Waals surface area contributed by atoms with E-state index in [-0.39, 0.29) is 0 Å². The summed E-state index contributed by atoms with van der Waals surface area (Å²) < 4.78 is 4.43. The zero-order valence-electron chi connectivity index (χ0n) is 16.2. The molecule has 0 saturated carbocycles. The minimum Gasteiger partial charge on any atom is -0.370 e. The molecular weight excluding hydrogens is 336 g/mol. The zero-order chi connectivity index (χ0) is 18.6. The predicted octanol–water partition coefficient (Wildman–Crippen LogP) is 3.06. The van der Waals surface area contributed by atoms with Crippen LogP contribution in [0.3, 0.4) is 0 Å². The topological polar surface area (TPSA) is 50.9 Å². The second-order valence-electron chi connectivity index (χ2n) is 7.52. The van der Waals surface area contributed by atoms with Crippen LogP contribution in [0, 0.1) is 12.8 Å². The Balaban J connectivity index is 1.42. The summed E-state index contributed by atoms with van der Waals surface area (Å²) >= 11 is 0. The maximum Gasteiger partial charge on any atom is 0.125 e. The molecule has 1 aliphatic rings. The van der Waals surface area contributed by atoms with Crippen molar-refractivity contribution in [2.45, 2.75) is 33.0 Å². The molecule has 142 valence electrons. The predicted molar refractivity (Wildman–Crippen MR) is 107 cm³/mol. The van der Waals surface area contributed by atoms with Crippen molar-refractivity contribution < 1.29 is 0 Å². The van der Waals surface area contributed by atoms with Crippen molar-refractivity contribution >= 4 is 5.82 Å². The number of fused-ring (bicyclic) bond motifs is 1. The molecule has 6 nitrogen and oxygen atoms in total. The fourth-order valence-corrected chi connectivity index (χ4v) is 3.98. The largest absolute Gasteiger partial charge is 0.370 e. The summed E-state index contributed by atoms with van der Waals surface area (Å²) in [6, 6.07) is 12.6. The first-order valence-corrected chi connectivity index (χ1v) is 9.68. The van der Waals surface area contributed by atoms with Crippen molar-refractivity contribution in [2.75, 3.05) is 18.4 Å². The number of rotatable bonds is 6. The van der Waals surface area contributed by atoms with Crippen LogP contribution in [0.2, 0.25) is 0 Å². The average Bonchev–Trinajstić information content (AvgIpc) is 3.16. The highest BCUT2D eigenvalue weighted by atomic mass is 15.3. The highest BCUT2D eigenvalue weighted by Crippen LogP contribution is 2.21. The minimum absolute atomic E-state index is 0.601. The van der Waals surface area contributed by atoms with E-state index >= 15 is 0 Å². The highest BCUT2D eigenvalue weighted by Gasteiger charge is 2.22. The van der Waals surface area contributed by atoms with Gasteiger partial charge in [-0.05, 0) is 49.6 Å². The molecule has 3 aromatic rings. The van der Waals surface area contributed by atoms with Gasteiger partial charge in [-0.15, -0.1) is 0 Å². The molecule has 6 heteroatoms. The van der Waals surface area contributed by atoms with E-state index < -0.39 is 0 Å². The first-order valence-electron chi connectivity index (χ1n) is 9.68. The Bertz CT molecular complexity index is 866. The Morgan fingerprint density at radius 2 is 2.11 bits per heavy atom. The Hall–Kier alpha value is -2.60. The van der Waals surface area contributed by atoms with Crippen LogP contribution in [0.15, 0.2) is 48.8 Å². The van der Waals surface area contributed by atoms with E-state index in [1.807, 2.05) is 36.1 Å². The lowest BCUT2D eigenvalue weighted by Crippen LogP contribution is -2.29. The van der Waals surface area contributed by atoms with Gasteiger partial charge < -0.3 is 9.88 Å². The normalized spacial score (nSPS) is 17.5. The number of aryl methyl sites for hydroxylation is 2. The van der Waals surface area contributed by atoms with Crippen molar-refractivity contribution in [1.29, 1.82) is 0 Å². The summed E-state index contributed by atoms with van der Waals surface area (Å²) in [4.78, 5) is 6.91. The third kappa shape index (κ3) is 4.39. The molecule has 0 radical (unpaired) electrons. The first kappa shape index (κ1) is 17.8. The van der Waals surface area contributed by atoms with Gasteiger partial charge in [0.15, 0.2) is 0 Å². The fourth-order valence-electron chi connectivity index (χ4n) is 3.98. The van der Waals surface area contributed by atoms with Gasteiger partial charge >= 0.3 is 0 Å². The number of nitrogens with zero attached hydrogens (tertiary/aromatic N) is 5. The Labute approximate surface area is 160 Å². The van der Waals surface area contributed by atoms with E-state index in [2.05, 4.69) is 56.2 Å². The van der Waals surface area contributed by atoms with Crippen molar-refractivity contribution in [2.24, 2.45) is 13.0 Å². The van der Waals surface area contributed by atoms with Crippen molar-refractivity contribution in [3.8, 4) is 0 Å². The number of anilines is 1. The van der Waals surface area contributed by atoms with E-state index in [0.29, 0.717) is 5.92 Å². The number of pyridine rings is 1. The van der Waals surface area contributed by atoms with E-state index in [1.165, 1.54) is 11.4 Å². The van der Waals surface area contributed by atoms with E-state index in [1.54, 1.807) is 0 Å². The SMILES string of the molecule is Cc1cc(CN2Cc3cccn3CC(CCNc3ccccn3)C2)n(C)n1. The van der Waals surface area contributed by atoms with E-state index in [0.717, 1.165) is 50.7 Å². The summed E-state index contributed by atoms with van der Waals surface area (Å²) in [5.41, 5.74) is 3.76. The summed E-state index contributed by atoms with van der Waals surface area (Å²) in [7, 11) is 2.04. The lowest BCUT2D eigenvalue weighted by atomic mass is 10.0. The van der Waals surface area contributed by atoms with E-state index in [9.17, 15) is 0 Å². The first-order chi connectivity index (χ1) is 13.2. The molecule has 1 atom stereocenters. The number of hydrogen-bond donors (Lipinski definition) is 1. The maximum absolute atomic E-state index is 4.50. The average molecular weight is 364 g/mol. The van der Waals surface area contributed by atoms with Gasteiger partial charge in [0, 0.05) is 57.9 Å². The lowest BCUT2D eigenvalue weighted by molar-refractivity contribution is 0.212. The van der Waals surface area contributed by atoms with Crippen LogP contribution in [0.1, 0.15) is 23.5 Å². The van der Waals surface area contributed by atoms with Gasteiger partial charge in [0.25, 0.3) is 0 Å². The summed E-state index contributed by atoms with van der Waals surface area (Å²) in [5, 5.41) is 7.96. The summed E-state index contributed by atoms with van der Waals surface area (Å²) in [5.74, 6) is 1.55. The maximum atomic E-state index is 4.50. The standard InChI is InChI=1S/C21H28N6/c1-17-12-20(25(2)24-17)16-26-13-18(14-27-11-5-6-19(27)15-26)8-10-23-21-7-3-4-9-22-21/h3-7,9,11-12,18H,8,10,13-16H2,1-2H3,(H,22,23). The van der Waals surface area contributed by atoms with Crippen LogP contribution >= 0.6 is 0 Å². The number of hydrogen-bond acceptors (Lipinski definition) is 4. The molecule has 4 rings (SSSR count). The van der Waals surface area contributed by atoms with Crippen LogP contribution < -0.4 is 5.32 Å². The molecule has 1 N–H and O–H groups in total. The van der Waals surface area contributed by atoms with Crippen molar-refractivity contribution in [3.05, 3.63) is 65.9 Å². The third-order valence-corrected chi connectivity index (χ3v) is 5.29. The van der Waals surface area contributed by atoms with Crippen LogP contribution in [0.5, 0.6) is 0 Å². The van der Waals surface area contributed by atoms with Crippen LogP contribution in [0.25, 0.3) is 0 Å². The molecule has 1 unspecified atom stereocenters. The Morgan fingerprint density at radius 1 is 1.19 bits per heavy atom. The highest BCUT2D eigenvalue weighted by molar-refractivity contribution is 5.32. The minimum atomic E-state index is 0.601. The van der Waals surface area contributed by atoms with Gasteiger partial charge in [-0.2, -0.15) is 5.10 Å². The lowest BCUT2D eigenvalue weighted by Gasteiger charge is -2.24. The second-order valence-corrected chi connectivity index (χ2v) is 7.52. The van der Waals surface area contributed by atoms with Gasteiger partial charge in [-0.25, -0.2) is 4.98 Å². The van der Waals surface area contributed by atoms with Gasteiger partial charge in [-0.1, -0.05) is 6.07 Å². The number of nitrogens with one attached hydrogen (secondary N) is 1. The van der Waals surface area contributed by atoms with Gasteiger partial charge in [-0.3, -0.25) is 9.58 Å². The van der Waals surface area contributed by atoms with Crippen LogP contribution in [-0.2, 0) is 26.7 Å². The molecule has 0 aliphatic carbocycles. The van der Waals surface area contributed by atoms with Gasteiger partial charge in [0.05, 0.1) is 11.4 Å². The fraction of sp³-hybridized carbons (Fsp3) is 0.429. The molecule has 3 aromatic heterocycles. The zero-order valence-corrected chi connectivity index (χ0v) is 16.2.